The molecule has 2 fully saturated rings. The zero-order chi connectivity index (χ0) is 33.4. The number of carboxylic acid groups (broad SMARTS) is 1. The molecular weight excluding hydrogens is 704 g/mol. The van der Waals surface area contributed by atoms with Gasteiger partial charge >= 0.3 is 5.97 Å². The van der Waals surface area contributed by atoms with Crippen molar-refractivity contribution in [3.05, 3.63) is 89.5 Å². The summed E-state index contributed by atoms with van der Waals surface area (Å²) in [6.07, 6.45) is 2.02. The van der Waals surface area contributed by atoms with Gasteiger partial charge in [-0.3, -0.25) is 29.8 Å². The number of carbonyl (C=O) groups excluding carboxylic acids is 4. The van der Waals surface area contributed by atoms with Gasteiger partial charge in [0.1, 0.15) is 0 Å². The maximum Gasteiger partial charge on any atom is 0.335 e. The molecule has 3 aromatic carbocycles. The Balaban J connectivity index is 0.000000219. The second-order valence-corrected chi connectivity index (χ2v) is 12.9. The first-order chi connectivity index (χ1) is 21.4. The number of aliphatic hydroxyl groups is 2. The number of rotatable bonds is 5. The maximum absolute atomic E-state index is 11.6. The fourth-order valence-electron chi connectivity index (χ4n) is 3.63. The summed E-state index contributed by atoms with van der Waals surface area (Å²) < 4.78 is 0. The van der Waals surface area contributed by atoms with Crippen LogP contribution in [0.15, 0.2) is 87.5 Å². The van der Waals surface area contributed by atoms with Crippen molar-refractivity contribution in [1.29, 1.82) is 0 Å². The molecule has 0 aliphatic carbocycles. The number of alkyl halides is 1. The Hall–Kier alpha value is -3.14. The lowest BCUT2D eigenvalue weighted by Crippen LogP contribution is -2.42. The number of aromatic carboxylic acids is 1. The van der Waals surface area contributed by atoms with Gasteiger partial charge in [0.15, 0.2) is 0 Å². The predicted octanol–water partition coefficient (Wildman–Crippen LogP) is 4.40. The van der Waals surface area contributed by atoms with E-state index in [9.17, 15) is 24.0 Å². The molecule has 5 rings (SSSR count). The van der Waals surface area contributed by atoms with Gasteiger partial charge in [-0.15, -0.1) is 37.0 Å². The molecule has 0 radical (unpaired) electrons. The molecule has 14 heteroatoms. The van der Waals surface area contributed by atoms with E-state index in [-0.39, 0.29) is 52.5 Å². The largest absolute Gasteiger partial charge is 0.478 e. The number of benzene rings is 3. The summed E-state index contributed by atoms with van der Waals surface area (Å²) in [7, 11) is 0. The lowest BCUT2D eigenvalue weighted by molar-refractivity contribution is -0.134. The van der Waals surface area contributed by atoms with Gasteiger partial charge < -0.3 is 15.3 Å². The average molecular weight is 738 g/mol. The van der Waals surface area contributed by atoms with Crippen molar-refractivity contribution in [2.24, 2.45) is 0 Å². The monoisotopic (exact) mass is 736 g/mol. The fourth-order valence-corrected chi connectivity index (χ4v) is 5.56. The van der Waals surface area contributed by atoms with Crippen LogP contribution >= 0.6 is 52.9 Å². The Bertz CT molecular complexity index is 1490. The van der Waals surface area contributed by atoms with E-state index >= 15 is 0 Å². The first kappa shape index (κ1) is 38.0. The number of amides is 4. The van der Waals surface area contributed by atoms with E-state index in [1.807, 2.05) is 48.5 Å². The molecule has 5 N–H and O–H groups in total. The number of aliphatic hydroxyl groups excluding tert-OH is 2. The number of imide groups is 2. The second kappa shape index (κ2) is 20.1. The molecule has 240 valence electrons. The zero-order valence-corrected chi connectivity index (χ0v) is 28.1. The van der Waals surface area contributed by atoms with Crippen molar-refractivity contribution in [3.63, 3.8) is 0 Å². The number of nitrogens with one attached hydrogen (secondary N) is 2. The van der Waals surface area contributed by atoms with Crippen LogP contribution in [-0.4, -0.2) is 55.0 Å². The van der Waals surface area contributed by atoms with Gasteiger partial charge in [-0.2, -0.15) is 0 Å². The van der Waals surface area contributed by atoms with E-state index in [1.54, 1.807) is 12.1 Å². The molecule has 4 amide bonds. The first-order valence-corrected chi connectivity index (χ1v) is 16.2. The van der Waals surface area contributed by atoms with Gasteiger partial charge in [0.05, 0.1) is 28.9 Å². The van der Waals surface area contributed by atoms with Crippen molar-refractivity contribution >= 4 is 82.5 Å². The van der Waals surface area contributed by atoms with E-state index in [2.05, 4.69) is 51.8 Å². The van der Waals surface area contributed by atoms with E-state index in [0.29, 0.717) is 30.6 Å². The Morgan fingerprint density at radius 1 is 0.778 bits per heavy atom. The van der Waals surface area contributed by atoms with Crippen LogP contribution in [0.4, 0.5) is 0 Å². The first-order valence-electron chi connectivity index (χ1n) is 13.5. The van der Waals surface area contributed by atoms with Gasteiger partial charge in [0.2, 0.25) is 23.6 Å². The Labute approximate surface area is 284 Å². The molecule has 2 aliphatic rings. The van der Waals surface area contributed by atoms with E-state index in [4.69, 9.17) is 15.3 Å². The highest BCUT2D eigenvalue weighted by Crippen LogP contribution is 2.28. The van der Waals surface area contributed by atoms with Crippen molar-refractivity contribution in [2.45, 2.75) is 63.7 Å². The summed E-state index contributed by atoms with van der Waals surface area (Å²) in [6, 6.07) is 21.3. The van der Waals surface area contributed by atoms with Crippen LogP contribution in [0, 0.1) is 0 Å². The third-order valence-electron chi connectivity index (χ3n) is 5.91. The minimum atomic E-state index is -0.920. The average Bonchev–Trinajstić information content (AvgIpc) is 3.01. The van der Waals surface area contributed by atoms with Gasteiger partial charge in [-0.05, 0) is 66.4 Å². The highest BCUT2D eigenvalue weighted by molar-refractivity contribution is 9.10. The summed E-state index contributed by atoms with van der Waals surface area (Å²) >= 11 is 12.6. The Morgan fingerprint density at radius 3 is 1.78 bits per heavy atom. The molecule has 2 unspecified atom stereocenters. The molecular formula is C31H33BrN2O8S3. The maximum atomic E-state index is 11.6. The molecule has 45 heavy (non-hydrogen) atoms. The van der Waals surface area contributed by atoms with Crippen molar-refractivity contribution in [3.8, 4) is 0 Å². The SMILES string of the molecule is O=C(O)c1cccc(S)c1.O=C1CCC(Br)C(=O)N1.O=C1CCC(Sc2cccc(CO)c2)C(=O)N1.OCc1cccc(S)c1. The smallest absolute Gasteiger partial charge is 0.335 e. The lowest BCUT2D eigenvalue weighted by atomic mass is 10.1. The number of halogens is 1. The number of piperidine rings is 2. The standard InChI is InChI=1S/C12H13NO3S.C7H6O2S.C7H8OS.C5H6BrNO2/c14-7-8-2-1-3-9(6-8)17-10-4-5-11(15)13-12(10)16;8-7(9)5-2-1-3-6(10)4-5;8-5-6-2-1-3-7(9)4-6;6-3-1-2-4(8)7-5(3)9/h1-3,6,10,14H,4-5,7H2,(H,13,15,16);1-4,10H,(H,8,9);1-4,8-9H,5H2;3H,1-2H2,(H,7,8,9). The van der Waals surface area contributed by atoms with Crippen molar-refractivity contribution < 1.29 is 39.3 Å². The number of hydrogen-bond donors (Lipinski definition) is 7. The highest BCUT2D eigenvalue weighted by Gasteiger charge is 2.27. The quantitative estimate of drug-likeness (QED) is 0.114. The van der Waals surface area contributed by atoms with E-state index in [0.717, 1.165) is 20.9 Å². The highest BCUT2D eigenvalue weighted by atomic mass is 79.9. The molecule has 2 heterocycles. The topological polar surface area (TPSA) is 170 Å². The minimum absolute atomic E-state index is 0.0102. The van der Waals surface area contributed by atoms with Gasteiger partial charge in [-0.25, -0.2) is 4.79 Å². The summed E-state index contributed by atoms with van der Waals surface area (Å²) in [4.78, 5) is 56.3. The predicted molar refractivity (Wildman–Crippen MR) is 180 cm³/mol. The molecule has 0 bridgehead atoms. The van der Waals surface area contributed by atoms with Crippen LogP contribution in [-0.2, 0) is 32.4 Å². The van der Waals surface area contributed by atoms with Crippen LogP contribution < -0.4 is 10.6 Å². The van der Waals surface area contributed by atoms with Crippen LogP contribution in [0.1, 0.15) is 47.2 Å². The Kier molecular flexibility index (Phi) is 17.0. The van der Waals surface area contributed by atoms with Crippen LogP contribution in [0.2, 0.25) is 0 Å². The number of hydrogen-bond acceptors (Lipinski definition) is 10. The van der Waals surface area contributed by atoms with Gasteiger partial charge in [0, 0.05) is 27.5 Å². The zero-order valence-electron chi connectivity index (χ0n) is 23.9. The third-order valence-corrected chi connectivity index (χ3v) is 8.60. The number of thioether (sulfide) groups is 1. The molecule has 0 aromatic heterocycles. The summed E-state index contributed by atoms with van der Waals surface area (Å²) in [5.41, 5.74) is 2.00. The Morgan fingerprint density at radius 2 is 1.31 bits per heavy atom. The lowest BCUT2D eigenvalue weighted by Gasteiger charge is -2.20. The number of thiol groups is 2. The minimum Gasteiger partial charge on any atom is -0.478 e. The summed E-state index contributed by atoms with van der Waals surface area (Å²) in [5, 5.41) is 30.4. The second-order valence-electron chi connectivity index (χ2n) is 9.47. The molecule has 2 atom stereocenters. The van der Waals surface area contributed by atoms with Crippen molar-refractivity contribution in [1.82, 2.24) is 10.6 Å². The third kappa shape index (κ3) is 14.7. The van der Waals surface area contributed by atoms with Gasteiger partial charge in [-0.1, -0.05) is 46.3 Å². The summed E-state index contributed by atoms with van der Waals surface area (Å²) in [6.45, 7) is 0.0815. The van der Waals surface area contributed by atoms with Crippen LogP contribution in [0.25, 0.3) is 0 Å². The van der Waals surface area contributed by atoms with Gasteiger partial charge in [0.25, 0.3) is 0 Å². The molecule has 2 saturated heterocycles. The van der Waals surface area contributed by atoms with E-state index < -0.39 is 5.97 Å². The van der Waals surface area contributed by atoms with E-state index in [1.165, 1.54) is 23.9 Å². The van der Waals surface area contributed by atoms with Crippen molar-refractivity contribution in [2.75, 3.05) is 0 Å². The van der Waals surface area contributed by atoms with Crippen LogP contribution in [0.5, 0.6) is 0 Å². The fraction of sp³-hybridized carbons (Fsp3) is 0.258. The summed E-state index contributed by atoms with van der Waals surface area (Å²) in [5.74, 6) is -1.73. The number of carbonyl (C=O) groups is 5. The number of carboxylic acids is 1. The van der Waals surface area contributed by atoms with Crippen LogP contribution in [0.3, 0.4) is 0 Å². The molecule has 10 nitrogen and oxygen atoms in total. The molecule has 0 spiro atoms. The normalized spacial score (nSPS) is 17.2. The molecule has 3 aromatic rings. The molecule has 0 saturated carbocycles. The molecule has 2 aliphatic heterocycles.